The molecule has 0 saturated carbocycles. The molecule has 0 aromatic carbocycles. The molecule has 4 amide bonds. The van der Waals surface area contributed by atoms with Crippen LogP contribution in [0.15, 0.2) is 0 Å². The van der Waals surface area contributed by atoms with Crippen molar-refractivity contribution in [2.75, 3.05) is 6.61 Å². The molecule has 0 bridgehead atoms. The van der Waals surface area contributed by atoms with Crippen molar-refractivity contribution in [3.63, 3.8) is 0 Å². The average molecular weight is 601 g/mol. The van der Waals surface area contributed by atoms with Gasteiger partial charge in [0.1, 0.15) is 24.2 Å². The summed E-state index contributed by atoms with van der Waals surface area (Å²) in [5.74, 6) is -7.40. The Morgan fingerprint density at radius 2 is 1.17 bits per heavy atom. The second-order valence-electron chi connectivity index (χ2n) is 11.6. The van der Waals surface area contributed by atoms with Crippen molar-refractivity contribution in [1.82, 2.24) is 21.3 Å². The van der Waals surface area contributed by atoms with Crippen LogP contribution in [0.4, 0.5) is 0 Å². The molecule has 0 spiro atoms. The van der Waals surface area contributed by atoms with Gasteiger partial charge in [0.05, 0.1) is 19.4 Å². The van der Waals surface area contributed by atoms with E-state index >= 15 is 0 Å². The number of amides is 4. The molecular formula is C28H48N4O10. The highest BCUT2D eigenvalue weighted by Gasteiger charge is 2.38. The Morgan fingerprint density at radius 3 is 1.57 bits per heavy atom. The smallest absolute Gasteiger partial charge is 0.326 e. The largest absolute Gasteiger partial charge is 0.481 e. The molecule has 0 aliphatic heterocycles. The minimum atomic E-state index is -1.72. The molecule has 0 aliphatic rings. The van der Waals surface area contributed by atoms with Gasteiger partial charge < -0.3 is 36.2 Å². The van der Waals surface area contributed by atoms with Crippen LogP contribution in [0, 0.1) is 17.3 Å². The van der Waals surface area contributed by atoms with Crippen LogP contribution in [0.1, 0.15) is 87.5 Å². The highest BCUT2D eigenvalue weighted by Crippen LogP contribution is 2.21. The zero-order chi connectivity index (χ0) is 32.8. The van der Waals surface area contributed by atoms with E-state index < -0.39 is 78.1 Å². The van der Waals surface area contributed by atoms with Crippen molar-refractivity contribution in [3.8, 4) is 0 Å². The number of carboxylic acids is 2. The highest BCUT2D eigenvalue weighted by atomic mass is 16.5. The number of carboxylic acid groups (broad SMARTS) is 2. The Kier molecular flexibility index (Phi) is 16.4. The van der Waals surface area contributed by atoms with Gasteiger partial charge in [-0.1, -0.05) is 48.5 Å². The lowest BCUT2D eigenvalue weighted by atomic mass is 9.85. The first-order chi connectivity index (χ1) is 19.4. The molecule has 4 unspecified atom stereocenters. The van der Waals surface area contributed by atoms with Gasteiger partial charge in [-0.3, -0.25) is 28.8 Å². The minimum absolute atomic E-state index is 0.0201. The van der Waals surface area contributed by atoms with Crippen molar-refractivity contribution in [3.05, 3.63) is 0 Å². The lowest BCUT2D eigenvalue weighted by molar-refractivity contribution is -0.147. The van der Waals surface area contributed by atoms with Crippen LogP contribution < -0.4 is 21.3 Å². The van der Waals surface area contributed by atoms with Crippen molar-refractivity contribution in [2.45, 2.75) is 112 Å². The van der Waals surface area contributed by atoms with Crippen LogP contribution in [0.5, 0.6) is 0 Å². The van der Waals surface area contributed by atoms with Gasteiger partial charge in [-0.05, 0) is 37.5 Å². The fourth-order valence-corrected chi connectivity index (χ4v) is 4.07. The lowest BCUT2D eigenvalue weighted by Gasteiger charge is -2.33. The maximum atomic E-state index is 13.4. The van der Waals surface area contributed by atoms with Crippen molar-refractivity contribution in [2.24, 2.45) is 17.3 Å². The summed E-state index contributed by atoms with van der Waals surface area (Å²) in [4.78, 5) is 87.8. The highest BCUT2D eigenvalue weighted by molar-refractivity contribution is 5.97. The van der Waals surface area contributed by atoms with Crippen LogP contribution in [0.25, 0.3) is 0 Å². The summed E-state index contributed by atoms with van der Waals surface area (Å²) in [5, 5.41) is 28.4. The molecule has 0 aliphatic carbocycles. The summed E-state index contributed by atoms with van der Waals surface area (Å²) in [6.45, 7) is 13.8. The summed E-state index contributed by atoms with van der Waals surface area (Å²) in [5.41, 5.74) is -0.815. The van der Waals surface area contributed by atoms with Gasteiger partial charge in [-0.15, -0.1) is 0 Å². The number of carbonyl (C=O) groups excluding carboxylic acids is 5. The Labute approximate surface area is 247 Å². The maximum Gasteiger partial charge on any atom is 0.326 e. The summed E-state index contributed by atoms with van der Waals surface area (Å²) >= 11 is 0. The molecule has 6 N–H and O–H groups in total. The molecule has 0 radical (unpaired) electrons. The summed E-state index contributed by atoms with van der Waals surface area (Å²) in [7, 11) is 0. The zero-order valence-electron chi connectivity index (χ0n) is 25.9. The normalized spacial score (nSPS) is 14.2. The van der Waals surface area contributed by atoms with E-state index in [2.05, 4.69) is 21.3 Å². The van der Waals surface area contributed by atoms with Gasteiger partial charge in [0, 0.05) is 5.92 Å². The molecule has 14 heteroatoms. The number of nitrogens with one attached hydrogen (secondary N) is 4. The topological polar surface area (TPSA) is 217 Å². The van der Waals surface area contributed by atoms with Gasteiger partial charge >= 0.3 is 17.9 Å². The van der Waals surface area contributed by atoms with Crippen molar-refractivity contribution >= 4 is 41.5 Å². The molecule has 240 valence electrons. The fraction of sp³-hybridized carbons (Fsp3) is 0.750. The maximum absolute atomic E-state index is 13.4. The molecule has 0 aromatic heterocycles. The van der Waals surface area contributed by atoms with E-state index in [1.165, 1.54) is 6.92 Å². The number of carbonyl (C=O) groups is 7. The first-order valence-electron chi connectivity index (χ1n) is 14.2. The first-order valence-corrected chi connectivity index (χ1v) is 14.2. The fourth-order valence-electron chi connectivity index (χ4n) is 4.07. The Morgan fingerprint density at radius 1 is 0.690 bits per heavy atom. The average Bonchev–Trinajstić information content (AvgIpc) is 2.85. The number of rotatable bonds is 18. The predicted octanol–water partition coefficient (Wildman–Crippen LogP) is 0.967. The SMILES string of the molecule is CCOC(=O)CC(NC(=O)C(NC(=O)C(CC)CC)C(C)(C)C)C(=O)NC(CC(=O)O)C(=O)NC(CC(C)C)C(=O)O. The van der Waals surface area contributed by atoms with Gasteiger partial charge in [0.15, 0.2) is 0 Å². The minimum Gasteiger partial charge on any atom is -0.481 e. The van der Waals surface area contributed by atoms with E-state index in [1.807, 2.05) is 13.8 Å². The molecule has 42 heavy (non-hydrogen) atoms. The Balaban J connectivity index is 6.16. The third-order valence-corrected chi connectivity index (χ3v) is 6.41. The molecule has 0 fully saturated rings. The summed E-state index contributed by atoms with van der Waals surface area (Å²) in [6, 6.07) is -5.79. The summed E-state index contributed by atoms with van der Waals surface area (Å²) in [6.07, 6.45) is -0.423. The van der Waals surface area contributed by atoms with Crippen molar-refractivity contribution in [1.29, 1.82) is 0 Å². The van der Waals surface area contributed by atoms with Crippen LogP contribution in [0.3, 0.4) is 0 Å². The summed E-state index contributed by atoms with van der Waals surface area (Å²) < 4.78 is 4.91. The number of aliphatic carboxylic acids is 2. The lowest BCUT2D eigenvalue weighted by Crippen LogP contribution is -2.60. The van der Waals surface area contributed by atoms with Crippen LogP contribution in [-0.2, 0) is 38.3 Å². The van der Waals surface area contributed by atoms with Gasteiger partial charge in [-0.2, -0.15) is 0 Å². The predicted molar refractivity (Wildman–Crippen MR) is 152 cm³/mol. The van der Waals surface area contributed by atoms with E-state index in [9.17, 15) is 43.8 Å². The van der Waals surface area contributed by atoms with Crippen LogP contribution in [-0.4, -0.2) is 82.5 Å². The number of esters is 1. The molecule has 0 aromatic rings. The number of hydrogen-bond donors (Lipinski definition) is 6. The van der Waals surface area contributed by atoms with Gasteiger partial charge in [0.2, 0.25) is 23.6 Å². The second-order valence-corrected chi connectivity index (χ2v) is 11.6. The van der Waals surface area contributed by atoms with Gasteiger partial charge in [-0.25, -0.2) is 4.79 Å². The third kappa shape index (κ3) is 13.8. The molecule has 0 heterocycles. The Hall–Kier alpha value is -3.71. The van der Waals surface area contributed by atoms with Gasteiger partial charge in [0.25, 0.3) is 0 Å². The van der Waals surface area contributed by atoms with Crippen molar-refractivity contribution < 1.29 is 48.5 Å². The number of hydrogen-bond acceptors (Lipinski definition) is 8. The van der Waals surface area contributed by atoms with E-state index in [-0.39, 0.29) is 30.8 Å². The van der Waals surface area contributed by atoms with E-state index in [1.54, 1.807) is 34.6 Å². The third-order valence-electron chi connectivity index (χ3n) is 6.41. The molecule has 0 rings (SSSR count). The van der Waals surface area contributed by atoms with E-state index in [0.717, 1.165) is 0 Å². The zero-order valence-corrected chi connectivity index (χ0v) is 25.9. The molecular weight excluding hydrogens is 552 g/mol. The Bertz CT molecular complexity index is 972. The quantitative estimate of drug-likeness (QED) is 0.122. The van der Waals surface area contributed by atoms with E-state index in [0.29, 0.717) is 12.8 Å². The molecule has 4 atom stereocenters. The van der Waals surface area contributed by atoms with E-state index in [4.69, 9.17) is 4.74 Å². The second kappa shape index (κ2) is 18.0. The standard InChI is InChI=1S/C28H48N4O10/c1-9-16(10-2)23(36)32-22(28(6,7)8)26(39)30-18(14-21(35)42-11-3)25(38)29-17(13-20(33)34)24(37)31-19(27(40)41)12-15(4)5/h15-19,22H,9-14H2,1-8H3,(H,29,38)(H,30,39)(H,31,37)(H,32,36)(H,33,34)(H,40,41). The first kappa shape index (κ1) is 38.3. The monoisotopic (exact) mass is 600 g/mol. The van der Waals surface area contributed by atoms with Crippen LogP contribution >= 0.6 is 0 Å². The van der Waals surface area contributed by atoms with Crippen LogP contribution in [0.2, 0.25) is 0 Å². The molecule has 0 saturated heterocycles. The molecule has 14 nitrogen and oxygen atoms in total. The number of ether oxygens (including phenoxy) is 1.